The molecule has 0 aliphatic carbocycles. The van der Waals surface area contributed by atoms with E-state index in [9.17, 15) is 0 Å². The van der Waals surface area contributed by atoms with Crippen molar-refractivity contribution in [3.63, 3.8) is 0 Å². The van der Waals surface area contributed by atoms with E-state index in [2.05, 4.69) is 16.3 Å². The summed E-state index contributed by atoms with van der Waals surface area (Å²) in [4.78, 5) is 0. The van der Waals surface area contributed by atoms with Crippen LogP contribution in [-0.4, -0.2) is 19.6 Å². The molecule has 0 aliphatic heterocycles. The van der Waals surface area contributed by atoms with E-state index in [1.165, 1.54) is 0 Å². The van der Waals surface area contributed by atoms with Crippen molar-refractivity contribution in [2.45, 2.75) is 18.8 Å². The summed E-state index contributed by atoms with van der Waals surface area (Å²) in [6, 6.07) is 3.92. The maximum absolute atomic E-state index is 8.61. The molecule has 0 amide bonds. The van der Waals surface area contributed by atoms with Gasteiger partial charge in [-0.3, -0.25) is 9.36 Å². The Bertz CT molecular complexity index is 593. The molecule has 94 valence electrons. The van der Waals surface area contributed by atoms with Crippen molar-refractivity contribution in [1.82, 2.24) is 19.6 Å². The van der Waals surface area contributed by atoms with E-state index in [1.807, 2.05) is 13.1 Å². The van der Waals surface area contributed by atoms with Gasteiger partial charge in [0.15, 0.2) is 0 Å². The minimum Gasteiger partial charge on any atom is -0.266 e. The first-order valence-corrected chi connectivity index (χ1v) is 6.26. The molecule has 2 rings (SSSR count). The van der Waals surface area contributed by atoms with Crippen LogP contribution in [0.3, 0.4) is 0 Å². The smallest absolute Gasteiger partial charge is 0.132 e. The Labute approximate surface area is 115 Å². The Morgan fingerprint density at radius 3 is 2.83 bits per heavy atom. The number of aryl methyl sites for hydroxylation is 2. The van der Waals surface area contributed by atoms with E-state index in [0.717, 1.165) is 11.3 Å². The summed E-state index contributed by atoms with van der Waals surface area (Å²) in [6.07, 6.45) is 2.05. The third kappa shape index (κ3) is 2.22. The Kier molecular flexibility index (Phi) is 3.90. The summed E-state index contributed by atoms with van der Waals surface area (Å²) in [5.74, 6) is 0.270. The molecule has 5 nitrogen and oxygen atoms in total. The van der Waals surface area contributed by atoms with Gasteiger partial charge in [0.2, 0.25) is 0 Å². The van der Waals surface area contributed by atoms with Crippen LogP contribution in [0.4, 0.5) is 0 Å². The van der Waals surface area contributed by atoms with E-state index in [4.69, 9.17) is 28.5 Å². The van der Waals surface area contributed by atoms with Crippen molar-refractivity contribution in [2.24, 2.45) is 7.05 Å². The van der Waals surface area contributed by atoms with Crippen LogP contribution in [0.1, 0.15) is 12.0 Å². The van der Waals surface area contributed by atoms with Gasteiger partial charge in [-0.2, -0.15) is 15.5 Å². The highest BCUT2D eigenvalue weighted by Crippen LogP contribution is 2.29. The first kappa shape index (κ1) is 12.9. The summed E-state index contributed by atoms with van der Waals surface area (Å²) in [5.41, 5.74) is 2.33. The predicted octanol–water partition coefficient (Wildman–Crippen LogP) is 2.59. The van der Waals surface area contributed by atoms with Gasteiger partial charge in [-0.1, -0.05) is 11.6 Å². The van der Waals surface area contributed by atoms with Crippen LogP contribution in [0.5, 0.6) is 0 Å². The summed E-state index contributed by atoms with van der Waals surface area (Å²) >= 11 is 12.1. The van der Waals surface area contributed by atoms with Crippen LogP contribution in [-0.2, 0) is 19.5 Å². The largest absolute Gasteiger partial charge is 0.266 e. The highest BCUT2D eigenvalue weighted by atomic mass is 35.5. The van der Waals surface area contributed by atoms with Crippen molar-refractivity contribution >= 4 is 23.2 Å². The second-order valence-electron chi connectivity index (χ2n) is 3.72. The molecule has 7 heteroatoms. The number of nitrogens with zero attached hydrogens (tertiary/aromatic N) is 5. The van der Waals surface area contributed by atoms with Gasteiger partial charge in [0.25, 0.3) is 0 Å². The lowest BCUT2D eigenvalue weighted by molar-refractivity contribution is 0.628. The minimum atomic E-state index is 0.270. The highest BCUT2D eigenvalue weighted by molar-refractivity contribution is 6.31. The number of aromatic nitrogens is 4. The van der Waals surface area contributed by atoms with E-state index >= 15 is 0 Å². The molecule has 0 bridgehead atoms. The van der Waals surface area contributed by atoms with Crippen molar-refractivity contribution in [1.29, 1.82) is 5.26 Å². The Balaban J connectivity index is 2.48. The van der Waals surface area contributed by atoms with Gasteiger partial charge in [-0.15, -0.1) is 11.6 Å². The van der Waals surface area contributed by atoms with Crippen molar-refractivity contribution in [2.75, 3.05) is 0 Å². The summed E-state index contributed by atoms with van der Waals surface area (Å²) in [7, 11) is 1.83. The van der Waals surface area contributed by atoms with Crippen molar-refractivity contribution < 1.29 is 0 Å². The molecule has 2 aromatic rings. The SMILES string of the molecule is Cn1nccc1-c1nn(CCC#N)c(Cl)c1CCl. The Hall–Kier alpha value is -1.51. The first-order valence-electron chi connectivity index (χ1n) is 5.35. The lowest BCUT2D eigenvalue weighted by Gasteiger charge is -1.99. The van der Waals surface area contributed by atoms with Gasteiger partial charge < -0.3 is 0 Å². The molecule has 0 unspecified atom stereocenters. The number of nitriles is 1. The molecule has 0 fully saturated rings. The number of rotatable bonds is 4. The molecule has 0 spiro atoms. The normalized spacial score (nSPS) is 10.6. The van der Waals surface area contributed by atoms with Crippen LogP contribution in [0.15, 0.2) is 12.3 Å². The van der Waals surface area contributed by atoms with Crippen LogP contribution in [0, 0.1) is 11.3 Å². The van der Waals surface area contributed by atoms with Crippen LogP contribution >= 0.6 is 23.2 Å². The molecule has 0 atom stereocenters. The fourth-order valence-electron chi connectivity index (χ4n) is 1.71. The van der Waals surface area contributed by atoms with Gasteiger partial charge in [0.05, 0.1) is 30.6 Å². The molecule has 2 heterocycles. The standard InChI is InChI=1S/C11H11Cl2N5/c1-17-9(3-5-15-17)10-8(7-12)11(13)18(16-10)6-2-4-14/h3,5H,2,6-7H2,1H3. The predicted molar refractivity (Wildman–Crippen MR) is 69.2 cm³/mol. The fraction of sp³-hybridized carbons (Fsp3) is 0.364. The molecule has 0 aliphatic rings. The zero-order chi connectivity index (χ0) is 13.1. The second-order valence-corrected chi connectivity index (χ2v) is 4.35. The summed E-state index contributed by atoms with van der Waals surface area (Å²) in [6.45, 7) is 0.455. The maximum Gasteiger partial charge on any atom is 0.132 e. The second kappa shape index (κ2) is 5.42. The Morgan fingerprint density at radius 2 is 2.28 bits per heavy atom. The van der Waals surface area contributed by atoms with Crippen LogP contribution in [0.25, 0.3) is 11.4 Å². The minimum absolute atomic E-state index is 0.270. The molecule has 0 aromatic carbocycles. The van der Waals surface area contributed by atoms with Crippen LogP contribution < -0.4 is 0 Å². The van der Waals surface area contributed by atoms with Gasteiger partial charge in [-0.25, -0.2) is 0 Å². The average Bonchev–Trinajstić information content (AvgIpc) is 2.90. The van der Waals surface area contributed by atoms with Crippen molar-refractivity contribution in [3.8, 4) is 17.5 Å². The highest BCUT2D eigenvalue weighted by Gasteiger charge is 2.18. The first-order chi connectivity index (χ1) is 8.69. The number of alkyl halides is 1. The lowest BCUT2D eigenvalue weighted by atomic mass is 10.2. The zero-order valence-corrected chi connectivity index (χ0v) is 11.3. The maximum atomic E-state index is 8.61. The number of hydrogen-bond donors (Lipinski definition) is 0. The molecule has 0 N–H and O–H groups in total. The van der Waals surface area contributed by atoms with Crippen molar-refractivity contribution in [3.05, 3.63) is 23.0 Å². The topological polar surface area (TPSA) is 59.4 Å². The molecular weight excluding hydrogens is 273 g/mol. The van der Waals surface area contributed by atoms with Gasteiger partial charge >= 0.3 is 0 Å². The molecular formula is C11H11Cl2N5. The van der Waals surface area contributed by atoms with E-state index in [0.29, 0.717) is 23.8 Å². The zero-order valence-electron chi connectivity index (χ0n) is 9.77. The van der Waals surface area contributed by atoms with Gasteiger partial charge in [0, 0.05) is 18.8 Å². The number of halogens is 2. The molecule has 18 heavy (non-hydrogen) atoms. The van der Waals surface area contributed by atoms with Gasteiger partial charge in [-0.05, 0) is 6.07 Å². The summed E-state index contributed by atoms with van der Waals surface area (Å²) in [5, 5.41) is 17.6. The lowest BCUT2D eigenvalue weighted by Crippen LogP contribution is -2.00. The average molecular weight is 284 g/mol. The quantitative estimate of drug-likeness (QED) is 0.811. The Morgan fingerprint density at radius 1 is 1.50 bits per heavy atom. The molecule has 0 saturated carbocycles. The third-order valence-electron chi connectivity index (χ3n) is 2.61. The van der Waals surface area contributed by atoms with E-state index < -0.39 is 0 Å². The molecule has 2 aromatic heterocycles. The van der Waals surface area contributed by atoms with Crippen LogP contribution in [0.2, 0.25) is 5.15 Å². The monoisotopic (exact) mass is 283 g/mol. The molecule has 0 radical (unpaired) electrons. The number of hydrogen-bond acceptors (Lipinski definition) is 3. The summed E-state index contributed by atoms with van der Waals surface area (Å²) < 4.78 is 3.31. The molecule has 0 saturated heterocycles. The van der Waals surface area contributed by atoms with E-state index in [1.54, 1.807) is 15.6 Å². The third-order valence-corrected chi connectivity index (χ3v) is 3.31. The van der Waals surface area contributed by atoms with E-state index in [-0.39, 0.29) is 5.88 Å². The van der Waals surface area contributed by atoms with Gasteiger partial charge in [0.1, 0.15) is 10.8 Å². The fourth-order valence-corrected chi connectivity index (χ4v) is 2.31.